The smallest absolute Gasteiger partial charge is 0.220 e. The molecular weight excluding hydrogens is 216 g/mol. The largest absolute Gasteiger partial charge is 0.470 e. The van der Waals surface area contributed by atoms with Crippen molar-refractivity contribution in [2.24, 2.45) is 0 Å². The lowest BCUT2D eigenvalue weighted by atomic mass is 10.5. The Morgan fingerprint density at radius 2 is 2.57 bits per heavy atom. The summed E-state index contributed by atoms with van der Waals surface area (Å²) in [6.07, 6.45) is 4.42. The average molecular weight is 228 g/mol. The Balaban J connectivity index is 2.12. The van der Waals surface area contributed by atoms with Crippen LogP contribution in [0.1, 0.15) is 12.2 Å². The number of thiocarbonyl (C=S) groups is 1. The zero-order valence-corrected chi connectivity index (χ0v) is 9.40. The van der Waals surface area contributed by atoms with E-state index in [0.717, 1.165) is 17.9 Å². The van der Waals surface area contributed by atoms with Gasteiger partial charge in [-0.1, -0.05) is 17.8 Å². The number of ether oxygens (including phenoxy) is 1. The lowest BCUT2D eigenvalue weighted by Crippen LogP contribution is -1.97. The van der Waals surface area contributed by atoms with E-state index in [4.69, 9.17) is 21.4 Å². The van der Waals surface area contributed by atoms with Crippen LogP contribution < -0.4 is 0 Å². The first-order chi connectivity index (χ1) is 6.83. The molecule has 0 saturated carbocycles. The van der Waals surface area contributed by atoms with E-state index in [1.807, 2.05) is 18.2 Å². The summed E-state index contributed by atoms with van der Waals surface area (Å²) in [5.41, 5.74) is 0. The number of thioether (sulfide) groups is 1. The first kappa shape index (κ1) is 11.3. The molecule has 0 aliphatic heterocycles. The van der Waals surface area contributed by atoms with Gasteiger partial charge in [0.2, 0.25) is 4.38 Å². The summed E-state index contributed by atoms with van der Waals surface area (Å²) < 4.78 is 11.0. The zero-order chi connectivity index (χ0) is 10.2. The summed E-state index contributed by atoms with van der Waals surface area (Å²) >= 11 is 6.52. The average Bonchev–Trinajstić information content (AvgIpc) is 2.68. The minimum Gasteiger partial charge on any atom is -0.470 e. The van der Waals surface area contributed by atoms with E-state index in [9.17, 15) is 0 Å². The number of hydrogen-bond acceptors (Lipinski definition) is 4. The van der Waals surface area contributed by atoms with Crippen molar-refractivity contribution >= 4 is 28.4 Å². The molecule has 0 unspecified atom stereocenters. The van der Waals surface area contributed by atoms with E-state index >= 15 is 0 Å². The summed E-state index contributed by atoms with van der Waals surface area (Å²) in [5, 5.41) is 0. The zero-order valence-electron chi connectivity index (χ0n) is 7.77. The van der Waals surface area contributed by atoms with E-state index in [1.54, 1.807) is 6.26 Å². The van der Waals surface area contributed by atoms with Crippen LogP contribution in [-0.2, 0) is 11.3 Å². The lowest BCUT2D eigenvalue weighted by Gasteiger charge is -2.03. The van der Waals surface area contributed by atoms with Crippen molar-refractivity contribution in [3.05, 3.63) is 36.8 Å². The number of rotatable bonds is 5. The van der Waals surface area contributed by atoms with Gasteiger partial charge < -0.3 is 9.15 Å². The van der Waals surface area contributed by atoms with Gasteiger partial charge in [0, 0.05) is 5.75 Å². The molecule has 0 atom stereocenters. The van der Waals surface area contributed by atoms with Crippen LogP contribution in [0.15, 0.2) is 35.5 Å². The van der Waals surface area contributed by atoms with E-state index in [1.165, 1.54) is 11.8 Å². The fraction of sp³-hybridized carbons (Fsp3) is 0.300. The van der Waals surface area contributed by atoms with Crippen molar-refractivity contribution < 1.29 is 9.15 Å². The molecule has 0 aliphatic rings. The minimum absolute atomic E-state index is 0.410. The third kappa shape index (κ3) is 4.48. The highest BCUT2D eigenvalue weighted by Crippen LogP contribution is 2.10. The molecule has 1 rings (SSSR count). The molecule has 0 radical (unpaired) electrons. The molecule has 0 N–H and O–H groups in total. The molecular formula is C10H12O2S2. The van der Waals surface area contributed by atoms with Crippen LogP contribution in [0.2, 0.25) is 0 Å². The molecule has 0 fully saturated rings. The Labute approximate surface area is 93.3 Å². The molecule has 0 bridgehead atoms. The van der Waals surface area contributed by atoms with Crippen molar-refractivity contribution in [3.63, 3.8) is 0 Å². The van der Waals surface area contributed by atoms with Gasteiger partial charge in [0.05, 0.1) is 6.26 Å². The fourth-order valence-electron chi connectivity index (χ4n) is 0.792. The third-order valence-electron chi connectivity index (χ3n) is 1.45. The first-order valence-electron chi connectivity index (χ1n) is 4.25. The Morgan fingerprint density at radius 3 is 3.21 bits per heavy atom. The van der Waals surface area contributed by atoms with Gasteiger partial charge in [0.1, 0.15) is 12.4 Å². The maximum atomic E-state index is 5.30. The van der Waals surface area contributed by atoms with Crippen LogP contribution in [0.3, 0.4) is 0 Å². The maximum Gasteiger partial charge on any atom is 0.220 e. The van der Waals surface area contributed by atoms with Crippen LogP contribution >= 0.6 is 24.0 Å². The predicted octanol–water partition coefficient (Wildman–Crippen LogP) is 3.39. The Kier molecular flexibility index (Phi) is 5.40. The fourth-order valence-corrected chi connectivity index (χ4v) is 1.69. The van der Waals surface area contributed by atoms with Crippen molar-refractivity contribution in [1.29, 1.82) is 0 Å². The number of allylic oxidation sites excluding steroid dienone is 1. The van der Waals surface area contributed by atoms with Gasteiger partial charge in [-0.05, 0) is 30.8 Å². The molecule has 1 aromatic heterocycles. The Morgan fingerprint density at radius 1 is 1.71 bits per heavy atom. The SMILES string of the molecule is C=CCCSC(=S)OCc1ccco1. The topological polar surface area (TPSA) is 22.4 Å². The van der Waals surface area contributed by atoms with Gasteiger partial charge in [-0.2, -0.15) is 0 Å². The van der Waals surface area contributed by atoms with Gasteiger partial charge in [-0.3, -0.25) is 0 Å². The van der Waals surface area contributed by atoms with Gasteiger partial charge in [-0.15, -0.1) is 6.58 Å². The predicted molar refractivity (Wildman–Crippen MR) is 63.4 cm³/mol. The highest BCUT2D eigenvalue weighted by atomic mass is 32.2. The van der Waals surface area contributed by atoms with Crippen molar-refractivity contribution in [3.8, 4) is 0 Å². The molecule has 0 spiro atoms. The number of furan rings is 1. The van der Waals surface area contributed by atoms with Crippen LogP contribution in [0, 0.1) is 0 Å². The van der Waals surface area contributed by atoms with Crippen molar-refractivity contribution in [1.82, 2.24) is 0 Å². The van der Waals surface area contributed by atoms with E-state index < -0.39 is 0 Å². The summed E-state index contributed by atoms with van der Waals surface area (Å²) in [6.45, 7) is 4.04. The molecule has 4 heteroatoms. The van der Waals surface area contributed by atoms with Crippen LogP contribution in [-0.4, -0.2) is 10.1 Å². The second kappa shape index (κ2) is 6.68. The normalized spacial score (nSPS) is 9.71. The van der Waals surface area contributed by atoms with Crippen LogP contribution in [0.5, 0.6) is 0 Å². The molecule has 0 amide bonds. The van der Waals surface area contributed by atoms with Gasteiger partial charge in [0.15, 0.2) is 0 Å². The summed E-state index contributed by atoms with van der Waals surface area (Å²) in [4.78, 5) is 0. The van der Waals surface area contributed by atoms with Gasteiger partial charge in [0.25, 0.3) is 0 Å². The van der Waals surface area contributed by atoms with Crippen molar-refractivity contribution in [2.75, 3.05) is 5.75 Å². The molecule has 1 heterocycles. The van der Waals surface area contributed by atoms with Crippen LogP contribution in [0.4, 0.5) is 0 Å². The Bertz CT molecular complexity index is 280. The third-order valence-corrected chi connectivity index (χ3v) is 2.72. The minimum atomic E-state index is 0.410. The molecule has 1 aromatic rings. The molecule has 0 aromatic carbocycles. The standard InChI is InChI=1S/C10H12O2S2/c1-2-3-7-14-10(13)12-8-9-5-4-6-11-9/h2,4-6H,1,3,7-8H2. The quantitative estimate of drug-likeness (QED) is 0.437. The molecule has 0 saturated heterocycles. The highest BCUT2D eigenvalue weighted by Gasteiger charge is 2.00. The molecule has 76 valence electrons. The van der Waals surface area contributed by atoms with E-state index in [-0.39, 0.29) is 0 Å². The molecule has 2 nitrogen and oxygen atoms in total. The first-order valence-corrected chi connectivity index (χ1v) is 5.65. The van der Waals surface area contributed by atoms with Gasteiger partial charge in [-0.25, -0.2) is 0 Å². The van der Waals surface area contributed by atoms with Crippen molar-refractivity contribution in [2.45, 2.75) is 13.0 Å². The van der Waals surface area contributed by atoms with Gasteiger partial charge >= 0.3 is 0 Å². The summed E-state index contributed by atoms with van der Waals surface area (Å²) in [7, 11) is 0. The molecule has 14 heavy (non-hydrogen) atoms. The summed E-state index contributed by atoms with van der Waals surface area (Å²) in [6, 6.07) is 3.68. The monoisotopic (exact) mass is 228 g/mol. The Hall–Kier alpha value is -0.740. The second-order valence-corrected chi connectivity index (χ2v) is 4.24. The number of hydrogen-bond donors (Lipinski definition) is 0. The summed E-state index contributed by atoms with van der Waals surface area (Å²) in [5.74, 6) is 1.71. The maximum absolute atomic E-state index is 5.30. The lowest BCUT2D eigenvalue weighted by molar-refractivity contribution is 0.272. The second-order valence-electron chi connectivity index (χ2n) is 2.54. The highest BCUT2D eigenvalue weighted by molar-refractivity contribution is 8.22. The van der Waals surface area contributed by atoms with E-state index in [0.29, 0.717) is 11.0 Å². The van der Waals surface area contributed by atoms with Crippen LogP contribution in [0.25, 0.3) is 0 Å². The van der Waals surface area contributed by atoms with E-state index in [2.05, 4.69) is 6.58 Å². The molecule has 0 aliphatic carbocycles.